The van der Waals surface area contributed by atoms with Crippen LogP contribution in [0.5, 0.6) is 0 Å². The third-order valence-corrected chi connectivity index (χ3v) is 4.30. The molecule has 2 N–H and O–H groups in total. The maximum Gasteiger partial charge on any atom is 0.279 e. The lowest BCUT2D eigenvalue weighted by atomic mass is 10.1. The first kappa shape index (κ1) is 13.9. The molecule has 1 aliphatic heterocycles. The third kappa shape index (κ3) is 4.01. The summed E-state index contributed by atoms with van der Waals surface area (Å²) < 4.78 is 28.0. The number of nitrogens with zero attached hydrogens (tertiary/aromatic N) is 1. The molecule has 1 saturated heterocycles. The third-order valence-electron chi connectivity index (χ3n) is 2.76. The Balaban J connectivity index is 2.45. The lowest BCUT2D eigenvalue weighted by Gasteiger charge is -2.18. The summed E-state index contributed by atoms with van der Waals surface area (Å²) in [6.45, 7) is 6.66. The molecule has 0 saturated carbocycles. The van der Waals surface area contributed by atoms with E-state index in [1.54, 1.807) is 4.31 Å². The van der Waals surface area contributed by atoms with Crippen molar-refractivity contribution in [1.29, 1.82) is 0 Å². The summed E-state index contributed by atoms with van der Waals surface area (Å²) in [7, 11) is -1.35. The molecule has 1 rings (SSSR count). The van der Waals surface area contributed by atoms with Gasteiger partial charge in [-0.15, -0.1) is 0 Å². The van der Waals surface area contributed by atoms with Gasteiger partial charge in [0.15, 0.2) is 0 Å². The Morgan fingerprint density at radius 3 is 2.69 bits per heavy atom. The first-order valence-electron chi connectivity index (χ1n) is 5.85. The second kappa shape index (κ2) is 5.95. The van der Waals surface area contributed by atoms with E-state index in [0.29, 0.717) is 31.5 Å². The second-order valence-electron chi connectivity index (χ2n) is 4.82. The monoisotopic (exact) mass is 249 g/mol. The lowest BCUT2D eigenvalue weighted by molar-refractivity contribution is 0.437. The molecule has 16 heavy (non-hydrogen) atoms. The maximum atomic E-state index is 11.9. The van der Waals surface area contributed by atoms with Crippen LogP contribution in [0, 0.1) is 11.8 Å². The molecule has 0 aromatic carbocycles. The Kier molecular flexibility index (Phi) is 5.17. The van der Waals surface area contributed by atoms with E-state index in [9.17, 15) is 8.42 Å². The average molecular weight is 249 g/mol. The Hall–Kier alpha value is -0.170. The van der Waals surface area contributed by atoms with E-state index in [2.05, 4.69) is 10.0 Å². The minimum absolute atomic E-state index is 0.338. The van der Waals surface area contributed by atoms with E-state index >= 15 is 0 Å². The van der Waals surface area contributed by atoms with Gasteiger partial charge < -0.3 is 5.32 Å². The molecule has 0 radical (unpaired) electrons. The zero-order valence-electron chi connectivity index (χ0n) is 10.4. The molecule has 1 heterocycles. The molecular weight excluding hydrogens is 226 g/mol. The van der Waals surface area contributed by atoms with Crippen molar-refractivity contribution in [2.75, 3.05) is 33.2 Å². The summed E-state index contributed by atoms with van der Waals surface area (Å²) in [5, 5.41) is 3.09. The molecule has 0 aromatic heterocycles. The van der Waals surface area contributed by atoms with Crippen LogP contribution in [0.15, 0.2) is 0 Å². The Morgan fingerprint density at radius 1 is 1.44 bits per heavy atom. The van der Waals surface area contributed by atoms with Crippen LogP contribution < -0.4 is 10.0 Å². The van der Waals surface area contributed by atoms with E-state index in [0.717, 1.165) is 13.0 Å². The van der Waals surface area contributed by atoms with Crippen LogP contribution >= 0.6 is 0 Å². The van der Waals surface area contributed by atoms with Gasteiger partial charge in [0.2, 0.25) is 0 Å². The second-order valence-corrected chi connectivity index (χ2v) is 6.57. The van der Waals surface area contributed by atoms with Crippen molar-refractivity contribution in [3.63, 3.8) is 0 Å². The van der Waals surface area contributed by atoms with Crippen LogP contribution in [0.1, 0.15) is 20.3 Å². The fourth-order valence-corrected chi connectivity index (χ4v) is 3.31. The fourth-order valence-electron chi connectivity index (χ4n) is 1.83. The maximum absolute atomic E-state index is 11.9. The summed E-state index contributed by atoms with van der Waals surface area (Å²) in [5.74, 6) is 0.783. The molecule has 0 aliphatic carbocycles. The summed E-state index contributed by atoms with van der Waals surface area (Å²) in [4.78, 5) is 0. The van der Waals surface area contributed by atoms with Crippen LogP contribution in [-0.2, 0) is 10.2 Å². The standard InChI is InChI=1S/C10H23N3O2S/c1-9(2)6-12-16(14,15)13-5-4-10(8-13)7-11-3/h9-12H,4-8H2,1-3H3. The number of nitrogens with one attached hydrogen (secondary N) is 2. The van der Waals surface area contributed by atoms with Gasteiger partial charge in [-0.3, -0.25) is 0 Å². The summed E-state index contributed by atoms with van der Waals surface area (Å²) >= 11 is 0. The van der Waals surface area contributed by atoms with Crippen molar-refractivity contribution >= 4 is 10.2 Å². The first-order chi connectivity index (χ1) is 7.45. The Morgan fingerprint density at radius 2 is 2.12 bits per heavy atom. The van der Waals surface area contributed by atoms with Crippen LogP contribution in [0.25, 0.3) is 0 Å². The van der Waals surface area contributed by atoms with Crippen molar-refractivity contribution in [2.24, 2.45) is 11.8 Å². The molecule has 0 amide bonds. The van der Waals surface area contributed by atoms with Crippen molar-refractivity contribution < 1.29 is 8.42 Å². The van der Waals surface area contributed by atoms with E-state index < -0.39 is 10.2 Å². The van der Waals surface area contributed by atoms with Crippen molar-refractivity contribution in [1.82, 2.24) is 14.3 Å². The van der Waals surface area contributed by atoms with Crippen LogP contribution in [0.3, 0.4) is 0 Å². The highest BCUT2D eigenvalue weighted by atomic mass is 32.2. The molecule has 0 aromatic rings. The minimum Gasteiger partial charge on any atom is -0.319 e. The normalized spacial score (nSPS) is 23.1. The van der Waals surface area contributed by atoms with Crippen molar-refractivity contribution in [2.45, 2.75) is 20.3 Å². The highest BCUT2D eigenvalue weighted by Gasteiger charge is 2.30. The predicted octanol–water partition coefficient (Wildman–Crippen LogP) is 0.0181. The molecule has 1 unspecified atom stereocenters. The molecule has 1 aliphatic rings. The Bertz CT molecular complexity index is 303. The Labute approximate surface area is 98.8 Å². The molecule has 1 fully saturated rings. The van der Waals surface area contributed by atoms with Crippen LogP contribution in [0.2, 0.25) is 0 Å². The largest absolute Gasteiger partial charge is 0.319 e. The van der Waals surface area contributed by atoms with E-state index in [1.165, 1.54) is 0 Å². The topological polar surface area (TPSA) is 61.4 Å². The van der Waals surface area contributed by atoms with Gasteiger partial charge in [-0.25, -0.2) is 4.72 Å². The zero-order chi connectivity index (χ0) is 12.2. The van der Waals surface area contributed by atoms with Crippen molar-refractivity contribution in [3.05, 3.63) is 0 Å². The molecule has 0 spiro atoms. The lowest BCUT2D eigenvalue weighted by Crippen LogP contribution is -2.41. The SMILES string of the molecule is CNCC1CCN(S(=O)(=O)NCC(C)C)C1. The van der Waals surface area contributed by atoms with Crippen LogP contribution in [-0.4, -0.2) is 45.9 Å². The molecule has 5 nitrogen and oxygen atoms in total. The zero-order valence-corrected chi connectivity index (χ0v) is 11.2. The van der Waals surface area contributed by atoms with Gasteiger partial charge in [-0.2, -0.15) is 12.7 Å². The van der Waals surface area contributed by atoms with Crippen molar-refractivity contribution in [3.8, 4) is 0 Å². The van der Waals surface area contributed by atoms with Crippen LogP contribution in [0.4, 0.5) is 0 Å². The molecule has 6 heteroatoms. The van der Waals surface area contributed by atoms with Gasteiger partial charge in [-0.05, 0) is 31.8 Å². The first-order valence-corrected chi connectivity index (χ1v) is 7.29. The van der Waals surface area contributed by atoms with Gasteiger partial charge in [-0.1, -0.05) is 13.8 Å². The highest BCUT2D eigenvalue weighted by molar-refractivity contribution is 7.87. The van der Waals surface area contributed by atoms with Gasteiger partial charge in [0.05, 0.1) is 0 Å². The predicted molar refractivity (Wildman–Crippen MR) is 65.4 cm³/mol. The molecule has 0 bridgehead atoms. The van der Waals surface area contributed by atoms with Gasteiger partial charge >= 0.3 is 0 Å². The minimum atomic E-state index is -3.25. The quantitative estimate of drug-likeness (QED) is 0.697. The smallest absolute Gasteiger partial charge is 0.279 e. The van der Waals surface area contributed by atoms with Gasteiger partial charge in [0.1, 0.15) is 0 Å². The highest BCUT2D eigenvalue weighted by Crippen LogP contribution is 2.17. The molecular formula is C10H23N3O2S. The van der Waals surface area contributed by atoms with E-state index in [1.807, 2.05) is 20.9 Å². The molecule has 96 valence electrons. The average Bonchev–Trinajstić information content (AvgIpc) is 2.65. The summed E-state index contributed by atoms with van der Waals surface area (Å²) in [6.07, 6.45) is 0.948. The van der Waals surface area contributed by atoms with E-state index in [4.69, 9.17) is 0 Å². The fraction of sp³-hybridized carbons (Fsp3) is 1.00. The van der Waals surface area contributed by atoms with Gasteiger partial charge in [0, 0.05) is 19.6 Å². The van der Waals surface area contributed by atoms with Gasteiger partial charge in [0.25, 0.3) is 10.2 Å². The number of rotatable bonds is 6. The number of hydrogen-bond donors (Lipinski definition) is 2. The summed E-state index contributed by atoms with van der Waals surface area (Å²) in [5.41, 5.74) is 0. The summed E-state index contributed by atoms with van der Waals surface area (Å²) in [6, 6.07) is 0. The number of hydrogen-bond acceptors (Lipinski definition) is 3. The van der Waals surface area contributed by atoms with E-state index in [-0.39, 0.29) is 0 Å². The molecule has 1 atom stereocenters.